The van der Waals surface area contributed by atoms with Crippen molar-refractivity contribution in [1.29, 1.82) is 0 Å². The largest absolute Gasteiger partial charge is 0.448 e. The van der Waals surface area contributed by atoms with Crippen LogP contribution in [0.2, 0.25) is 0 Å². The van der Waals surface area contributed by atoms with Gasteiger partial charge in [-0.15, -0.1) is 0 Å². The molecule has 8 nitrogen and oxygen atoms in total. The predicted octanol–water partition coefficient (Wildman–Crippen LogP) is 1.91. The number of sulfone groups is 1. The van der Waals surface area contributed by atoms with Gasteiger partial charge < -0.3 is 4.74 Å². The molecule has 3 N–H and O–H groups in total. The number of rotatable bonds is 6. The maximum atomic E-state index is 14.0. The summed E-state index contributed by atoms with van der Waals surface area (Å²) < 4.78 is 107. The van der Waals surface area contributed by atoms with E-state index in [0.29, 0.717) is 5.69 Å². The number of halogens is 4. The highest BCUT2D eigenvalue weighted by atomic mass is 32.2. The van der Waals surface area contributed by atoms with Gasteiger partial charge in [-0.1, -0.05) is 18.2 Å². The van der Waals surface area contributed by atoms with Gasteiger partial charge in [-0.05, 0) is 12.1 Å². The van der Waals surface area contributed by atoms with Crippen molar-refractivity contribution in [3.63, 3.8) is 0 Å². The molecule has 14 heteroatoms. The van der Waals surface area contributed by atoms with Crippen LogP contribution in [-0.2, 0) is 24.6 Å². The van der Waals surface area contributed by atoms with Crippen LogP contribution in [0.25, 0.3) is 0 Å². The Labute approximate surface area is 162 Å². The number of hydrogen-bond donors (Lipinski definition) is 2. The fourth-order valence-corrected chi connectivity index (χ4v) is 4.05. The molecule has 158 valence electrons. The predicted molar refractivity (Wildman–Crippen MR) is 91.1 cm³/mol. The van der Waals surface area contributed by atoms with E-state index < -0.39 is 71.4 Å². The molecule has 29 heavy (non-hydrogen) atoms. The van der Waals surface area contributed by atoms with Gasteiger partial charge in [-0.25, -0.2) is 44.3 Å². The summed E-state index contributed by atoms with van der Waals surface area (Å²) in [5.41, 5.74) is 0.306. The Morgan fingerprint density at radius 1 is 0.897 bits per heavy atom. The molecule has 0 atom stereocenters. The first kappa shape index (κ1) is 22.6. The fraction of sp³-hybridized carbons (Fsp3) is 0.133. The SMILES string of the molecule is NS(=O)(=O)c1c(F)c(F)c(S(=O)(=O)CCOC(=O)Nc2ccccc2)c(F)c1F. The highest BCUT2D eigenvalue weighted by Gasteiger charge is 2.36. The Morgan fingerprint density at radius 3 is 1.86 bits per heavy atom. The zero-order valence-corrected chi connectivity index (χ0v) is 15.8. The first-order valence-corrected chi connectivity index (χ1v) is 10.7. The number of hydrogen-bond acceptors (Lipinski definition) is 6. The normalized spacial score (nSPS) is 11.9. The number of ether oxygens (including phenoxy) is 1. The number of primary sulfonamides is 1. The van der Waals surface area contributed by atoms with Gasteiger partial charge in [0.15, 0.2) is 38.0 Å². The Balaban J connectivity index is 2.22. The average Bonchev–Trinajstić information content (AvgIpc) is 2.59. The molecule has 2 rings (SSSR count). The van der Waals surface area contributed by atoms with Crippen molar-refractivity contribution in [1.82, 2.24) is 0 Å². The molecule has 0 aliphatic heterocycles. The van der Waals surface area contributed by atoms with Crippen LogP contribution in [0.5, 0.6) is 0 Å². The fourth-order valence-electron chi connectivity index (χ4n) is 2.14. The Kier molecular flexibility index (Phi) is 6.50. The van der Waals surface area contributed by atoms with Crippen molar-refractivity contribution in [2.24, 2.45) is 5.14 Å². The summed E-state index contributed by atoms with van der Waals surface area (Å²) in [5, 5.41) is 6.71. The topological polar surface area (TPSA) is 133 Å². The lowest BCUT2D eigenvalue weighted by molar-refractivity contribution is 0.168. The quantitative estimate of drug-likeness (QED) is 0.504. The number of benzene rings is 2. The smallest absolute Gasteiger partial charge is 0.411 e. The number of sulfonamides is 1. The van der Waals surface area contributed by atoms with Crippen LogP contribution in [0.4, 0.5) is 28.0 Å². The van der Waals surface area contributed by atoms with Gasteiger partial charge >= 0.3 is 6.09 Å². The molecule has 0 aliphatic rings. The second-order valence-corrected chi connectivity index (χ2v) is 8.95. The van der Waals surface area contributed by atoms with Gasteiger partial charge in [0.2, 0.25) is 10.0 Å². The first-order valence-electron chi connectivity index (χ1n) is 7.46. The lowest BCUT2D eigenvalue weighted by atomic mass is 10.3. The molecule has 0 radical (unpaired) electrons. The molecule has 0 saturated carbocycles. The maximum Gasteiger partial charge on any atom is 0.411 e. The van der Waals surface area contributed by atoms with Crippen LogP contribution in [0, 0.1) is 23.3 Å². The molecule has 0 fully saturated rings. The summed E-state index contributed by atoms with van der Waals surface area (Å²) >= 11 is 0. The van der Waals surface area contributed by atoms with E-state index in [9.17, 15) is 39.2 Å². The van der Waals surface area contributed by atoms with Crippen LogP contribution >= 0.6 is 0 Å². The molecule has 0 aliphatic carbocycles. The lowest BCUT2D eigenvalue weighted by Crippen LogP contribution is -2.24. The molecule has 2 aromatic rings. The second-order valence-electron chi connectivity index (χ2n) is 5.41. The van der Waals surface area contributed by atoms with Gasteiger partial charge in [0.25, 0.3) is 0 Å². The van der Waals surface area contributed by atoms with Crippen LogP contribution in [0.1, 0.15) is 0 Å². The monoisotopic (exact) mass is 456 g/mol. The van der Waals surface area contributed by atoms with Crippen molar-refractivity contribution in [3.8, 4) is 0 Å². The van der Waals surface area contributed by atoms with Gasteiger partial charge in [0.1, 0.15) is 11.5 Å². The van der Waals surface area contributed by atoms with E-state index in [0.717, 1.165) is 0 Å². The molecule has 0 spiro atoms. The summed E-state index contributed by atoms with van der Waals surface area (Å²) in [5.74, 6) is -11.2. The minimum absolute atomic E-state index is 0.306. The number of nitrogens with two attached hydrogens (primary N) is 1. The molecule has 0 unspecified atom stereocenters. The third-order valence-corrected chi connectivity index (χ3v) is 6.00. The molecule has 0 saturated heterocycles. The van der Waals surface area contributed by atoms with Crippen LogP contribution in [-0.4, -0.2) is 35.3 Å². The molecule has 0 bridgehead atoms. The number of para-hydroxylation sites is 1. The van der Waals surface area contributed by atoms with E-state index in [1.807, 2.05) is 0 Å². The third-order valence-electron chi connectivity index (χ3n) is 3.38. The number of nitrogens with one attached hydrogen (secondary N) is 1. The summed E-state index contributed by atoms with van der Waals surface area (Å²) in [6.07, 6.45) is -1.10. The molecular formula is C15H12F4N2O6S2. The van der Waals surface area contributed by atoms with Gasteiger partial charge in [0.05, 0.1) is 5.75 Å². The van der Waals surface area contributed by atoms with Gasteiger partial charge in [-0.2, -0.15) is 0 Å². The standard InChI is InChI=1S/C15H12F4N2O6S2/c16-9-11(18)14(29(20,25)26)12(19)10(17)13(9)28(23,24)7-6-27-15(22)21-8-4-2-1-3-5-8/h1-5H,6-7H2,(H,21,22)(H2,20,25,26). The van der Waals surface area contributed by atoms with Crippen LogP contribution in [0.3, 0.4) is 0 Å². The lowest BCUT2D eigenvalue weighted by Gasteiger charge is -2.12. The Hall–Kier alpha value is -2.71. The summed E-state index contributed by atoms with van der Waals surface area (Å²) in [6, 6.07) is 7.80. The van der Waals surface area contributed by atoms with Gasteiger partial charge in [0, 0.05) is 5.69 Å². The molecule has 0 aromatic heterocycles. The van der Waals surface area contributed by atoms with Crippen LogP contribution in [0.15, 0.2) is 40.1 Å². The zero-order valence-electron chi connectivity index (χ0n) is 14.2. The number of anilines is 1. The van der Waals surface area contributed by atoms with Crippen molar-refractivity contribution in [2.45, 2.75) is 9.79 Å². The van der Waals surface area contributed by atoms with E-state index in [-0.39, 0.29) is 0 Å². The van der Waals surface area contributed by atoms with E-state index in [4.69, 9.17) is 0 Å². The average molecular weight is 456 g/mol. The highest BCUT2D eigenvalue weighted by Crippen LogP contribution is 2.30. The van der Waals surface area contributed by atoms with E-state index in [1.54, 1.807) is 18.2 Å². The van der Waals surface area contributed by atoms with Crippen LogP contribution < -0.4 is 10.5 Å². The number of amides is 1. The summed E-state index contributed by atoms with van der Waals surface area (Å²) in [7, 11) is -10.3. The molecule has 2 aromatic carbocycles. The van der Waals surface area contributed by atoms with E-state index in [1.165, 1.54) is 12.1 Å². The zero-order chi connectivity index (χ0) is 22.0. The molecular weight excluding hydrogens is 444 g/mol. The Morgan fingerprint density at radius 2 is 1.38 bits per heavy atom. The Bertz CT molecular complexity index is 1130. The summed E-state index contributed by atoms with van der Waals surface area (Å²) in [6.45, 7) is -0.930. The summed E-state index contributed by atoms with van der Waals surface area (Å²) in [4.78, 5) is 7.36. The van der Waals surface area contributed by atoms with Crippen molar-refractivity contribution < 1.29 is 43.9 Å². The maximum absolute atomic E-state index is 14.0. The third kappa shape index (κ3) is 5.02. The molecule has 0 heterocycles. The minimum Gasteiger partial charge on any atom is -0.448 e. The minimum atomic E-state index is -5.23. The van der Waals surface area contributed by atoms with E-state index in [2.05, 4.69) is 15.2 Å². The number of carbonyl (C=O) groups excluding carboxylic acids is 1. The van der Waals surface area contributed by atoms with Crippen molar-refractivity contribution in [3.05, 3.63) is 53.6 Å². The molecule has 1 amide bonds. The van der Waals surface area contributed by atoms with Gasteiger partial charge in [-0.3, -0.25) is 5.32 Å². The first-order chi connectivity index (χ1) is 13.4. The second kappa shape index (κ2) is 8.34. The van der Waals surface area contributed by atoms with Crippen molar-refractivity contribution in [2.75, 3.05) is 17.7 Å². The number of carbonyl (C=O) groups is 1. The highest BCUT2D eigenvalue weighted by molar-refractivity contribution is 7.91. The van der Waals surface area contributed by atoms with E-state index >= 15 is 0 Å². The van der Waals surface area contributed by atoms with Crippen molar-refractivity contribution >= 4 is 31.6 Å².